The van der Waals surface area contributed by atoms with Crippen molar-refractivity contribution in [3.05, 3.63) is 29.6 Å². The first-order chi connectivity index (χ1) is 9.78. The number of pyridine rings is 1. The molecule has 0 radical (unpaired) electrons. The minimum absolute atomic E-state index is 0. The largest absolute Gasteiger partial charge is 0.336 e. The van der Waals surface area contributed by atoms with Crippen LogP contribution in [0.3, 0.4) is 0 Å². The minimum Gasteiger partial charge on any atom is -0.336 e. The fourth-order valence-corrected chi connectivity index (χ4v) is 2.95. The highest BCUT2D eigenvalue weighted by Gasteiger charge is 2.29. The Morgan fingerprint density at radius 2 is 1.91 bits per heavy atom. The molecule has 7 heteroatoms. The summed E-state index contributed by atoms with van der Waals surface area (Å²) in [6.07, 6.45) is 5.69. The molecular weight excluding hydrogens is 323 g/mol. The monoisotopic (exact) mass is 346 g/mol. The zero-order chi connectivity index (χ0) is 13.9. The van der Waals surface area contributed by atoms with E-state index in [4.69, 9.17) is 5.73 Å². The molecule has 1 aromatic rings. The predicted molar refractivity (Wildman–Crippen MR) is 91.7 cm³/mol. The van der Waals surface area contributed by atoms with E-state index in [1.165, 1.54) is 19.3 Å². The zero-order valence-electron chi connectivity index (χ0n) is 12.6. The van der Waals surface area contributed by atoms with Gasteiger partial charge in [-0.3, -0.25) is 14.7 Å². The van der Waals surface area contributed by atoms with Gasteiger partial charge in [-0.15, -0.1) is 24.8 Å². The highest BCUT2D eigenvalue weighted by Crippen LogP contribution is 2.25. The smallest absolute Gasteiger partial charge is 0.254 e. The second-order valence-corrected chi connectivity index (χ2v) is 5.65. The lowest BCUT2D eigenvalue weighted by Crippen LogP contribution is -2.53. The fraction of sp³-hybridized carbons (Fsp3) is 0.600. The molecule has 1 saturated heterocycles. The summed E-state index contributed by atoms with van der Waals surface area (Å²) in [6.45, 7) is 4.04. The number of aromatic nitrogens is 1. The van der Waals surface area contributed by atoms with Crippen LogP contribution in [-0.4, -0.2) is 52.9 Å². The SMILES string of the molecule is Cl.Cl.NCc1cc(C(=O)N2CCN(C3CCC3)CC2)ccn1. The van der Waals surface area contributed by atoms with Gasteiger partial charge in [0.25, 0.3) is 5.91 Å². The second kappa shape index (κ2) is 8.67. The number of hydrogen-bond acceptors (Lipinski definition) is 4. The van der Waals surface area contributed by atoms with Gasteiger partial charge in [0.1, 0.15) is 0 Å². The summed E-state index contributed by atoms with van der Waals surface area (Å²) in [6, 6.07) is 4.36. The molecule has 124 valence electrons. The van der Waals surface area contributed by atoms with Gasteiger partial charge in [0, 0.05) is 50.5 Å². The fourth-order valence-electron chi connectivity index (χ4n) is 2.95. The maximum Gasteiger partial charge on any atom is 0.254 e. The first kappa shape index (κ1) is 19.2. The van der Waals surface area contributed by atoms with Gasteiger partial charge in [-0.25, -0.2) is 0 Å². The number of hydrogen-bond donors (Lipinski definition) is 1. The Morgan fingerprint density at radius 3 is 2.45 bits per heavy atom. The number of amides is 1. The third-order valence-corrected chi connectivity index (χ3v) is 4.47. The van der Waals surface area contributed by atoms with Crippen molar-refractivity contribution < 1.29 is 4.79 Å². The average molecular weight is 347 g/mol. The topological polar surface area (TPSA) is 62.5 Å². The molecule has 2 N–H and O–H groups in total. The van der Waals surface area contributed by atoms with Crippen molar-refractivity contribution in [1.29, 1.82) is 0 Å². The highest BCUT2D eigenvalue weighted by atomic mass is 35.5. The summed E-state index contributed by atoms with van der Waals surface area (Å²) in [7, 11) is 0. The van der Waals surface area contributed by atoms with Crippen LogP contribution < -0.4 is 5.73 Å². The van der Waals surface area contributed by atoms with Crippen molar-refractivity contribution in [3.8, 4) is 0 Å². The molecule has 1 aliphatic carbocycles. The van der Waals surface area contributed by atoms with Crippen molar-refractivity contribution in [3.63, 3.8) is 0 Å². The van der Waals surface area contributed by atoms with E-state index in [0.29, 0.717) is 12.1 Å². The van der Waals surface area contributed by atoms with Crippen LogP contribution in [0.5, 0.6) is 0 Å². The summed E-state index contributed by atoms with van der Waals surface area (Å²) in [5, 5.41) is 0. The van der Waals surface area contributed by atoms with Gasteiger partial charge in [0.15, 0.2) is 0 Å². The van der Waals surface area contributed by atoms with E-state index >= 15 is 0 Å². The third kappa shape index (κ3) is 4.10. The molecule has 1 amide bonds. The average Bonchev–Trinajstić information content (AvgIpc) is 2.45. The number of carbonyl (C=O) groups is 1. The molecule has 3 rings (SSSR count). The van der Waals surface area contributed by atoms with Gasteiger partial charge in [0.2, 0.25) is 0 Å². The van der Waals surface area contributed by atoms with E-state index in [9.17, 15) is 4.79 Å². The van der Waals surface area contributed by atoms with Gasteiger partial charge in [0.05, 0.1) is 5.69 Å². The van der Waals surface area contributed by atoms with Crippen LogP contribution in [0.25, 0.3) is 0 Å². The standard InChI is InChI=1S/C15H22N4O.2ClH/c16-11-13-10-12(4-5-17-13)15(20)19-8-6-18(7-9-19)14-2-1-3-14;;/h4-5,10,14H,1-3,6-9,11,16H2;2*1H. The van der Waals surface area contributed by atoms with Crippen LogP contribution in [0.4, 0.5) is 0 Å². The quantitative estimate of drug-likeness (QED) is 0.904. The first-order valence-corrected chi connectivity index (χ1v) is 7.46. The molecule has 0 bridgehead atoms. The predicted octanol–water partition coefficient (Wildman–Crippen LogP) is 1.69. The van der Waals surface area contributed by atoms with E-state index in [2.05, 4.69) is 9.88 Å². The van der Waals surface area contributed by atoms with Crippen molar-refractivity contribution >= 4 is 30.7 Å². The Balaban J connectivity index is 0.00000121. The van der Waals surface area contributed by atoms with Crippen molar-refractivity contribution in [2.45, 2.75) is 31.8 Å². The van der Waals surface area contributed by atoms with Gasteiger partial charge in [-0.1, -0.05) is 6.42 Å². The number of nitrogens with two attached hydrogens (primary N) is 1. The lowest BCUT2D eigenvalue weighted by Gasteiger charge is -2.42. The molecule has 0 aromatic carbocycles. The van der Waals surface area contributed by atoms with Crippen LogP contribution in [0.2, 0.25) is 0 Å². The Labute approximate surface area is 144 Å². The lowest BCUT2D eigenvalue weighted by atomic mass is 9.91. The molecule has 0 unspecified atom stereocenters. The van der Waals surface area contributed by atoms with Gasteiger partial charge in [-0.05, 0) is 25.0 Å². The van der Waals surface area contributed by atoms with Gasteiger partial charge < -0.3 is 10.6 Å². The molecule has 1 saturated carbocycles. The lowest BCUT2D eigenvalue weighted by molar-refractivity contribution is 0.0455. The van der Waals surface area contributed by atoms with Crippen LogP contribution in [0.15, 0.2) is 18.3 Å². The Hall–Kier alpha value is -0.880. The molecule has 1 aromatic heterocycles. The summed E-state index contributed by atoms with van der Waals surface area (Å²) >= 11 is 0. The Bertz CT molecular complexity index is 488. The third-order valence-electron chi connectivity index (χ3n) is 4.47. The number of carbonyl (C=O) groups excluding carboxylic acids is 1. The first-order valence-electron chi connectivity index (χ1n) is 7.46. The summed E-state index contributed by atoms with van der Waals surface area (Å²) in [4.78, 5) is 21.1. The van der Waals surface area contributed by atoms with Crippen LogP contribution in [0.1, 0.15) is 35.3 Å². The Kier molecular flexibility index (Phi) is 7.56. The van der Waals surface area contributed by atoms with Crippen molar-refractivity contribution in [1.82, 2.24) is 14.8 Å². The van der Waals surface area contributed by atoms with Gasteiger partial charge in [-0.2, -0.15) is 0 Å². The van der Waals surface area contributed by atoms with Crippen LogP contribution in [-0.2, 0) is 6.54 Å². The van der Waals surface area contributed by atoms with E-state index < -0.39 is 0 Å². The van der Waals surface area contributed by atoms with Crippen molar-refractivity contribution in [2.75, 3.05) is 26.2 Å². The summed E-state index contributed by atoms with van der Waals surface area (Å²) < 4.78 is 0. The molecule has 2 aliphatic rings. The second-order valence-electron chi connectivity index (χ2n) is 5.65. The molecular formula is C15H24Cl2N4O. The highest BCUT2D eigenvalue weighted by molar-refractivity contribution is 5.94. The summed E-state index contributed by atoms with van der Waals surface area (Å²) in [5.41, 5.74) is 7.05. The normalized spacial score (nSPS) is 18.9. The molecule has 2 fully saturated rings. The zero-order valence-corrected chi connectivity index (χ0v) is 14.2. The van der Waals surface area contributed by atoms with E-state index in [1.54, 1.807) is 18.3 Å². The molecule has 2 heterocycles. The minimum atomic E-state index is 0. The number of nitrogens with zero attached hydrogens (tertiary/aromatic N) is 3. The van der Waals surface area contributed by atoms with Crippen molar-refractivity contribution in [2.24, 2.45) is 5.73 Å². The number of halogens is 2. The molecule has 22 heavy (non-hydrogen) atoms. The van der Waals surface area contributed by atoms with E-state index in [1.807, 2.05) is 4.90 Å². The van der Waals surface area contributed by atoms with Crippen LogP contribution in [0, 0.1) is 0 Å². The summed E-state index contributed by atoms with van der Waals surface area (Å²) in [5.74, 6) is 0.107. The maximum absolute atomic E-state index is 12.5. The molecule has 0 spiro atoms. The Morgan fingerprint density at radius 1 is 1.23 bits per heavy atom. The van der Waals surface area contributed by atoms with E-state index in [0.717, 1.165) is 37.9 Å². The maximum atomic E-state index is 12.5. The molecule has 0 atom stereocenters. The molecule has 5 nitrogen and oxygen atoms in total. The number of rotatable bonds is 3. The molecule has 1 aliphatic heterocycles. The van der Waals surface area contributed by atoms with Crippen LogP contribution >= 0.6 is 24.8 Å². The van der Waals surface area contributed by atoms with E-state index in [-0.39, 0.29) is 30.7 Å². The number of piperazine rings is 1. The van der Waals surface area contributed by atoms with Gasteiger partial charge >= 0.3 is 0 Å².